The summed E-state index contributed by atoms with van der Waals surface area (Å²) < 4.78 is 5.83. The van der Waals surface area contributed by atoms with Crippen molar-refractivity contribution in [2.24, 2.45) is 0 Å². The lowest BCUT2D eigenvalue weighted by atomic mass is 10.00. The first kappa shape index (κ1) is 20.8. The molecule has 2 N–H and O–H groups in total. The minimum atomic E-state index is -0.135. The van der Waals surface area contributed by atoms with Crippen LogP contribution in [-0.2, 0) is 6.42 Å². The number of rotatable bonds is 8. The number of hydrogen-bond acceptors (Lipinski definition) is 6. The minimum absolute atomic E-state index is 0.0490. The van der Waals surface area contributed by atoms with Gasteiger partial charge in [-0.2, -0.15) is 0 Å². The normalized spacial score (nSPS) is 16.4. The first-order valence-corrected chi connectivity index (χ1v) is 9.91. The van der Waals surface area contributed by atoms with Gasteiger partial charge in [0.05, 0.1) is 22.9 Å². The summed E-state index contributed by atoms with van der Waals surface area (Å²) >= 11 is 0. The summed E-state index contributed by atoms with van der Waals surface area (Å²) in [7, 11) is 0. The molecule has 154 valence electrons. The number of aldehydes is 1. The lowest BCUT2D eigenvalue weighted by Crippen LogP contribution is -2.47. The number of phenolic OH excluding ortho intramolecular Hbond substituents is 1. The highest BCUT2D eigenvalue weighted by Crippen LogP contribution is 2.27. The number of nitrogens with zero attached hydrogens (tertiary/aromatic N) is 2. The number of aromatic hydroxyl groups is 1. The van der Waals surface area contributed by atoms with Crippen LogP contribution in [-0.4, -0.2) is 58.1 Å². The summed E-state index contributed by atoms with van der Waals surface area (Å²) in [5.74, 6) is 0.0896. The smallest absolute Gasteiger partial charge is 0.256 e. The van der Waals surface area contributed by atoms with Gasteiger partial charge in [-0.15, -0.1) is 0 Å². The highest BCUT2D eigenvalue weighted by atomic mass is 16.5. The Bertz CT molecular complexity index is 855. The van der Waals surface area contributed by atoms with Gasteiger partial charge in [-0.3, -0.25) is 14.6 Å². The number of ether oxygens (including phenoxy) is 1. The van der Waals surface area contributed by atoms with Crippen LogP contribution in [0, 0.1) is 0 Å². The lowest BCUT2D eigenvalue weighted by Gasteiger charge is -2.36. The van der Waals surface area contributed by atoms with Crippen LogP contribution in [0.2, 0.25) is 0 Å². The van der Waals surface area contributed by atoms with Crippen molar-refractivity contribution < 1.29 is 24.5 Å². The molecule has 3 rings (SSSR count). The second-order valence-corrected chi connectivity index (χ2v) is 7.09. The van der Waals surface area contributed by atoms with E-state index in [1.165, 1.54) is 6.07 Å². The first-order chi connectivity index (χ1) is 14.2. The minimum Gasteiger partial charge on any atom is -0.507 e. The molecule has 1 amide bonds. The number of amides is 1. The number of aryl methyl sites for hydroxylation is 1. The van der Waals surface area contributed by atoms with Crippen molar-refractivity contribution >= 4 is 12.2 Å². The molecule has 0 aliphatic carbocycles. The van der Waals surface area contributed by atoms with E-state index in [9.17, 15) is 14.7 Å². The average Bonchev–Trinajstić information content (AvgIpc) is 2.76. The van der Waals surface area contributed by atoms with Crippen LogP contribution in [0.15, 0.2) is 36.5 Å². The van der Waals surface area contributed by atoms with Crippen molar-refractivity contribution in [3.05, 3.63) is 53.3 Å². The molecule has 1 saturated heterocycles. The van der Waals surface area contributed by atoms with Gasteiger partial charge < -0.3 is 19.8 Å². The summed E-state index contributed by atoms with van der Waals surface area (Å²) in [5.41, 5.74) is 1.35. The Hall–Kier alpha value is -2.93. The lowest BCUT2D eigenvalue weighted by molar-refractivity contribution is 0.0525. The summed E-state index contributed by atoms with van der Waals surface area (Å²) in [6, 6.07) is 8.06. The van der Waals surface area contributed by atoms with Crippen molar-refractivity contribution in [3.63, 3.8) is 0 Å². The molecule has 2 aromatic rings. The monoisotopic (exact) mass is 398 g/mol. The number of likely N-dealkylation sites (tertiary alicyclic amines) is 1. The zero-order chi connectivity index (χ0) is 20.6. The van der Waals surface area contributed by atoms with Crippen LogP contribution >= 0.6 is 0 Å². The number of aromatic nitrogens is 1. The van der Waals surface area contributed by atoms with Crippen LogP contribution in [0.4, 0.5) is 0 Å². The number of aliphatic hydroxyl groups excluding tert-OH is 1. The fraction of sp³-hybridized carbons (Fsp3) is 0.409. The second kappa shape index (κ2) is 10.0. The van der Waals surface area contributed by atoms with E-state index in [4.69, 9.17) is 9.84 Å². The molecule has 1 fully saturated rings. The summed E-state index contributed by atoms with van der Waals surface area (Å²) in [4.78, 5) is 30.6. The molecule has 0 bridgehead atoms. The van der Waals surface area contributed by atoms with Crippen molar-refractivity contribution in [1.29, 1.82) is 0 Å². The van der Waals surface area contributed by atoms with Crippen LogP contribution in [0.25, 0.3) is 0 Å². The maximum absolute atomic E-state index is 13.3. The van der Waals surface area contributed by atoms with Crippen molar-refractivity contribution in [2.75, 3.05) is 19.8 Å². The van der Waals surface area contributed by atoms with Gasteiger partial charge in [0.15, 0.2) is 6.29 Å². The Morgan fingerprint density at radius 2 is 2.14 bits per heavy atom. The molecule has 2 heterocycles. The van der Waals surface area contributed by atoms with Gasteiger partial charge in [0, 0.05) is 19.3 Å². The van der Waals surface area contributed by atoms with E-state index in [1.807, 2.05) is 4.90 Å². The topological polar surface area (TPSA) is 100.0 Å². The molecular formula is C22H26N2O5. The number of carbonyl (C=O) groups is 2. The largest absolute Gasteiger partial charge is 0.507 e. The molecule has 1 aliphatic heterocycles. The van der Waals surface area contributed by atoms with E-state index in [1.54, 1.807) is 30.5 Å². The second-order valence-electron chi connectivity index (χ2n) is 7.09. The molecule has 0 unspecified atom stereocenters. The van der Waals surface area contributed by atoms with Gasteiger partial charge in [-0.1, -0.05) is 6.07 Å². The van der Waals surface area contributed by atoms with Gasteiger partial charge in [-0.25, -0.2) is 0 Å². The number of pyridine rings is 1. The molecule has 29 heavy (non-hydrogen) atoms. The van der Waals surface area contributed by atoms with Gasteiger partial charge in [0.25, 0.3) is 5.91 Å². The molecule has 1 aliphatic rings. The third kappa shape index (κ3) is 4.92. The molecule has 1 aromatic carbocycles. The molecule has 0 spiro atoms. The van der Waals surface area contributed by atoms with E-state index in [2.05, 4.69) is 4.98 Å². The van der Waals surface area contributed by atoms with Crippen LogP contribution in [0.3, 0.4) is 0 Å². The molecule has 0 saturated carbocycles. The van der Waals surface area contributed by atoms with Gasteiger partial charge in [0.1, 0.15) is 18.1 Å². The van der Waals surface area contributed by atoms with Crippen LogP contribution in [0.1, 0.15) is 52.1 Å². The summed E-state index contributed by atoms with van der Waals surface area (Å²) in [6.45, 7) is 0.914. The van der Waals surface area contributed by atoms with Crippen molar-refractivity contribution in [2.45, 2.75) is 38.1 Å². The number of carbonyl (C=O) groups excluding carboxylic acids is 2. The Balaban J connectivity index is 1.76. The third-order valence-electron chi connectivity index (χ3n) is 5.17. The fourth-order valence-electron chi connectivity index (χ4n) is 3.64. The van der Waals surface area contributed by atoms with Gasteiger partial charge in [-0.05, 0) is 56.4 Å². The van der Waals surface area contributed by atoms with Gasteiger partial charge >= 0.3 is 0 Å². The summed E-state index contributed by atoms with van der Waals surface area (Å²) in [5, 5.41) is 18.9. The first-order valence-electron chi connectivity index (χ1n) is 9.91. The van der Waals surface area contributed by atoms with Crippen LogP contribution < -0.4 is 4.74 Å². The van der Waals surface area contributed by atoms with E-state index >= 15 is 0 Å². The third-order valence-corrected chi connectivity index (χ3v) is 5.17. The van der Waals surface area contributed by atoms with Gasteiger partial charge in [0.2, 0.25) is 0 Å². The Morgan fingerprint density at radius 3 is 2.93 bits per heavy atom. The van der Waals surface area contributed by atoms with E-state index in [-0.39, 0.29) is 36.5 Å². The quantitative estimate of drug-likeness (QED) is 0.663. The molecule has 1 aromatic heterocycles. The SMILES string of the molecule is O=Cc1c(O)cccc1OC[C@@H]1CCCCN1C(=O)c1cccnc1CCCO. The maximum atomic E-state index is 13.3. The number of benzene rings is 1. The number of phenols is 1. The van der Waals surface area contributed by atoms with Crippen molar-refractivity contribution in [1.82, 2.24) is 9.88 Å². The molecule has 1 atom stereocenters. The number of piperidine rings is 1. The molecule has 0 radical (unpaired) electrons. The van der Waals surface area contributed by atoms with Crippen molar-refractivity contribution in [3.8, 4) is 11.5 Å². The average molecular weight is 398 g/mol. The Morgan fingerprint density at radius 1 is 1.28 bits per heavy atom. The van der Waals surface area contributed by atoms with E-state index in [0.29, 0.717) is 42.7 Å². The Labute approximate surface area is 170 Å². The standard InChI is InChI=1S/C22H26N2O5/c25-13-5-8-19-17(7-4-11-23-19)22(28)24-12-2-1-6-16(24)15-29-21-10-3-9-20(27)18(21)14-26/h3-4,7,9-11,14,16,25,27H,1-2,5-6,8,12-13,15H2/t16-/m0/s1. The highest BCUT2D eigenvalue weighted by molar-refractivity contribution is 5.95. The molecule has 7 heteroatoms. The molecule has 7 nitrogen and oxygen atoms in total. The van der Waals surface area contributed by atoms with E-state index in [0.717, 1.165) is 19.3 Å². The van der Waals surface area contributed by atoms with E-state index < -0.39 is 0 Å². The summed E-state index contributed by atoms with van der Waals surface area (Å²) in [6.07, 6.45) is 6.02. The predicted octanol–water partition coefficient (Wildman–Crippen LogP) is 2.60. The maximum Gasteiger partial charge on any atom is 0.256 e. The highest BCUT2D eigenvalue weighted by Gasteiger charge is 2.29. The zero-order valence-corrected chi connectivity index (χ0v) is 16.3. The zero-order valence-electron chi connectivity index (χ0n) is 16.3. The Kier molecular flexibility index (Phi) is 7.19. The molecular weight excluding hydrogens is 372 g/mol. The fourth-order valence-corrected chi connectivity index (χ4v) is 3.64. The predicted molar refractivity (Wildman–Crippen MR) is 107 cm³/mol. The number of aliphatic hydroxyl groups is 1. The van der Waals surface area contributed by atoms with Crippen LogP contribution in [0.5, 0.6) is 11.5 Å². The number of hydrogen-bond donors (Lipinski definition) is 2.